The summed E-state index contributed by atoms with van der Waals surface area (Å²) in [4.78, 5) is 0. The first-order chi connectivity index (χ1) is 8.02. The molecule has 1 aromatic carbocycles. The van der Waals surface area contributed by atoms with Crippen LogP contribution in [0, 0.1) is 5.92 Å². The minimum atomic E-state index is 0.163. The standard InChI is InChI=1S/C14H23NO2/c1-5-6-16-13-7-12(15)8-14(9-13)17-11(4)10(2)3/h7-11H,5-6,15H2,1-4H3. The largest absolute Gasteiger partial charge is 0.493 e. The van der Waals surface area contributed by atoms with Crippen LogP contribution in [-0.2, 0) is 0 Å². The van der Waals surface area contributed by atoms with Crippen LogP contribution in [0.1, 0.15) is 34.1 Å². The Morgan fingerprint density at radius 3 is 2.35 bits per heavy atom. The summed E-state index contributed by atoms with van der Waals surface area (Å²) in [6.07, 6.45) is 1.14. The molecule has 96 valence electrons. The third kappa shape index (κ3) is 4.55. The Morgan fingerprint density at radius 1 is 1.12 bits per heavy atom. The van der Waals surface area contributed by atoms with E-state index in [2.05, 4.69) is 27.7 Å². The highest BCUT2D eigenvalue weighted by molar-refractivity contribution is 5.50. The Balaban J connectivity index is 2.74. The minimum absolute atomic E-state index is 0.163. The average molecular weight is 237 g/mol. The van der Waals surface area contributed by atoms with Crippen LogP contribution in [0.3, 0.4) is 0 Å². The predicted molar refractivity (Wildman–Crippen MR) is 71.6 cm³/mol. The highest BCUT2D eigenvalue weighted by Crippen LogP contribution is 2.26. The molecule has 17 heavy (non-hydrogen) atoms. The van der Waals surface area contributed by atoms with Crippen molar-refractivity contribution >= 4 is 5.69 Å². The van der Waals surface area contributed by atoms with Gasteiger partial charge in [-0.05, 0) is 19.3 Å². The van der Waals surface area contributed by atoms with E-state index in [1.54, 1.807) is 0 Å². The Hall–Kier alpha value is -1.38. The van der Waals surface area contributed by atoms with E-state index in [0.29, 0.717) is 18.2 Å². The van der Waals surface area contributed by atoms with E-state index in [0.717, 1.165) is 17.9 Å². The summed E-state index contributed by atoms with van der Waals surface area (Å²) in [6.45, 7) is 9.09. The SMILES string of the molecule is CCCOc1cc(N)cc(OC(C)C(C)C)c1. The monoisotopic (exact) mass is 237 g/mol. The zero-order valence-corrected chi connectivity index (χ0v) is 11.2. The molecule has 0 aliphatic carbocycles. The van der Waals surface area contributed by atoms with Crippen LogP contribution in [0.5, 0.6) is 11.5 Å². The smallest absolute Gasteiger partial charge is 0.125 e. The van der Waals surface area contributed by atoms with Crippen molar-refractivity contribution in [2.45, 2.75) is 40.2 Å². The quantitative estimate of drug-likeness (QED) is 0.770. The lowest BCUT2D eigenvalue weighted by Gasteiger charge is -2.19. The van der Waals surface area contributed by atoms with Gasteiger partial charge in [-0.1, -0.05) is 20.8 Å². The van der Waals surface area contributed by atoms with Crippen molar-refractivity contribution in [2.24, 2.45) is 5.92 Å². The molecule has 1 unspecified atom stereocenters. The molecule has 3 nitrogen and oxygen atoms in total. The number of hydrogen-bond acceptors (Lipinski definition) is 3. The lowest BCUT2D eigenvalue weighted by atomic mass is 10.1. The van der Waals surface area contributed by atoms with Crippen LogP contribution in [0.2, 0.25) is 0 Å². The summed E-state index contributed by atoms with van der Waals surface area (Å²) >= 11 is 0. The summed E-state index contributed by atoms with van der Waals surface area (Å²) in [5.41, 5.74) is 6.49. The number of nitrogen functional groups attached to an aromatic ring is 1. The Labute approximate surface area is 104 Å². The maximum absolute atomic E-state index is 5.82. The average Bonchev–Trinajstić information content (AvgIpc) is 2.25. The molecule has 0 bridgehead atoms. The third-order valence-electron chi connectivity index (χ3n) is 2.64. The molecule has 0 aromatic heterocycles. The van der Waals surface area contributed by atoms with Gasteiger partial charge in [-0.3, -0.25) is 0 Å². The van der Waals surface area contributed by atoms with Crippen LogP contribution in [-0.4, -0.2) is 12.7 Å². The first-order valence-corrected chi connectivity index (χ1v) is 6.23. The van der Waals surface area contributed by atoms with Crippen molar-refractivity contribution in [3.8, 4) is 11.5 Å². The number of rotatable bonds is 6. The zero-order valence-electron chi connectivity index (χ0n) is 11.2. The second-order valence-electron chi connectivity index (χ2n) is 4.65. The fraction of sp³-hybridized carbons (Fsp3) is 0.571. The molecule has 0 heterocycles. The lowest BCUT2D eigenvalue weighted by Crippen LogP contribution is -2.18. The maximum atomic E-state index is 5.82. The molecule has 0 saturated carbocycles. The van der Waals surface area contributed by atoms with Crippen molar-refractivity contribution < 1.29 is 9.47 Å². The van der Waals surface area contributed by atoms with Crippen LogP contribution in [0.25, 0.3) is 0 Å². The van der Waals surface area contributed by atoms with Gasteiger partial charge in [0, 0.05) is 23.9 Å². The van der Waals surface area contributed by atoms with E-state index in [9.17, 15) is 0 Å². The van der Waals surface area contributed by atoms with Crippen molar-refractivity contribution in [3.63, 3.8) is 0 Å². The molecular formula is C14H23NO2. The third-order valence-corrected chi connectivity index (χ3v) is 2.64. The van der Waals surface area contributed by atoms with Crippen molar-refractivity contribution in [3.05, 3.63) is 18.2 Å². The Morgan fingerprint density at radius 2 is 1.76 bits per heavy atom. The maximum Gasteiger partial charge on any atom is 0.125 e. The van der Waals surface area contributed by atoms with E-state index < -0.39 is 0 Å². The normalized spacial score (nSPS) is 12.5. The van der Waals surface area contributed by atoms with Crippen LogP contribution < -0.4 is 15.2 Å². The van der Waals surface area contributed by atoms with E-state index >= 15 is 0 Å². The number of hydrogen-bond donors (Lipinski definition) is 1. The molecule has 2 N–H and O–H groups in total. The first-order valence-electron chi connectivity index (χ1n) is 6.23. The second kappa shape index (κ2) is 6.38. The molecule has 3 heteroatoms. The topological polar surface area (TPSA) is 44.5 Å². The molecule has 0 radical (unpaired) electrons. The van der Waals surface area contributed by atoms with Gasteiger partial charge in [-0.15, -0.1) is 0 Å². The van der Waals surface area contributed by atoms with Gasteiger partial charge in [-0.25, -0.2) is 0 Å². The fourth-order valence-electron chi connectivity index (χ4n) is 1.32. The molecule has 1 aromatic rings. The summed E-state index contributed by atoms with van der Waals surface area (Å²) in [6, 6.07) is 5.55. The Bertz CT molecular complexity index is 350. The number of anilines is 1. The van der Waals surface area contributed by atoms with Crippen LogP contribution in [0.4, 0.5) is 5.69 Å². The number of nitrogens with two attached hydrogens (primary N) is 1. The number of benzene rings is 1. The van der Waals surface area contributed by atoms with Crippen LogP contribution in [0.15, 0.2) is 18.2 Å². The van der Waals surface area contributed by atoms with Gasteiger partial charge in [0.1, 0.15) is 11.5 Å². The van der Waals surface area contributed by atoms with Crippen LogP contribution >= 0.6 is 0 Å². The molecular weight excluding hydrogens is 214 g/mol. The van der Waals surface area contributed by atoms with Gasteiger partial charge < -0.3 is 15.2 Å². The molecule has 0 fully saturated rings. The molecule has 0 aliphatic rings. The summed E-state index contributed by atoms with van der Waals surface area (Å²) in [5, 5.41) is 0. The highest BCUT2D eigenvalue weighted by Gasteiger charge is 2.10. The van der Waals surface area contributed by atoms with E-state index in [1.807, 2.05) is 18.2 Å². The summed E-state index contributed by atoms with van der Waals surface area (Å²) in [7, 11) is 0. The summed E-state index contributed by atoms with van der Waals surface area (Å²) in [5.74, 6) is 2.02. The molecule has 1 rings (SSSR count). The minimum Gasteiger partial charge on any atom is -0.493 e. The summed E-state index contributed by atoms with van der Waals surface area (Å²) < 4.78 is 11.4. The zero-order chi connectivity index (χ0) is 12.8. The van der Waals surface area contributed by atoms with Gasteiger partial charge in [0.05, 0.1) is 12.7 Å². The van der Waals surface area contributed by atoms with Crippen molar-refractivity contribution in [1.82, 2.24) is 0 Å². The van der Waals surface area contributed by atoms with E-state index in [1.165, 1.54) is 0 Å². The number of ether oxygens (including phenoxy) is 2. The van der Waals surface area contributed by atoms with Gasteiger partial charge in [0.25, 0.3) is 0 Å². The lowest BCUT2D eigenvalue weighted by molar-refractivity contribution is 0.169. The van der Waals surface area contributed by atoms with Gasteiger partial charge >= 0.3 is 0 Å². The fourth-order valence-corrected chi connectivity index (χ4v) is 1.32. The van der Waals surface area contributed by atoms with Gasteiger partial charge in [0.15, 0.2) is 0 Å². The molecule has 0 saturated heterocycles. The first kappa shape index (κ1) is 13.7. The molecule has 0 aliphatic heterocycles. The van der Waals surface area contributed by atoms with Crippen molar-refractivity contribution in [1.29, 1.82) is 0 Å². The Kier molecular flexibility index (Phi) is 5.13. The van der Waals surface area contributed by atoms with E-state index in [4.69, 9.17) is 15.2 Å². The van der Waals surface area contributed by atoms with E-state index in [-0.39, 0.29) is 6.10 Å². The van der Waals surface area contributed by atoms with Gasteiger partial charge in [-0.2, -0.15) is 0 Å². The van der Waals surface area contributed by atoms with Gasteiger partial charge in [0.2, 0.25) is 0 Å². The van der Waals surface area contributed by atoms with Crippen molar-refractivity contribution in [2.75, 3.05) is 12.3 Å². The molecule has 1 atom stereocenters. The molecule has 0 amide bonds. The predicted octanol–water partition coefficient (Wildman–Crippen LogP) is 3.48. The highest BCUT2D eigenvalue weighted by atomic mass is 16.5. The second-order valence-corrected chi connectivity index (χ2v) is 4.65. The molecule has 0 spiro atoms.